The number of anilines is 1. The number of hydrogen-bond acceptors (Lipinski definition) is 6. The number of carbonyl (C=O) groups excluding carboxylic acids is 1. The molecule has 3 heterocycles. The first-order chi connectivity index (χ1) is 21.6. The molecule has 1 amide bonds. The van der Waals surface area contributed by atoms with Crippen LogP contribution in [0.25, 0.3) is 0 Å². The summed E-state index contributed by atoms with van der Waals surface area (Å²) in [6.45, 7) is 6.68. The normalized spacial score (nSPS) is 34.9. The first-order valence-corrected chi connectivity index (χ1v) is 19.0. The molecule has 5 aliphatic rings. The number of nitrogens with one attached hydrogen (secondary N) is 1. The molecule has 244 valence electrons. The number of carbonyl (C=O) groups is 1. The second kappa shape index (κ2) is 12.1. The molecule has 1 saturated heterocycles. The topological polar surface area (TPSA) is 84.9 Å². The molecule has 9 heteroatoms. The van der Waals surface area contributed by atoms with Gasteiger partial charge in [0, 0.05) is 35.7 Å². The summed E-state index contributed by atoms with van der Waals surface area (Å²) in [5.41, 5.74) is 3.45. The summed E-state index contributed by atoms with van der Waals surface area (Å²) in [4.78, 5) is 16.0. The summed E-state index contributed by atoms with van der Waals surface area (Å²) >= 11 is 6.45. The van der Waals surface area contributed by atoms with Crippen LogP contribution in [0.15, 0.2) is 36.4 Å². The lowest BCUT2D eigenvalue weighted by molar-refractivity contribution is -0.159. The van der Waals surface area contributed by atoms with Gasteiger partial charge in [-0.05, 0) is 130 Å². The van der Waals surface area contributed by atoms with Crippen LogP contribution in [0.1, 0.15) is 99.5 Å². The Morgan fingerprint density at radius 1 is 0.978 bits per heavy atom. The summed E-state index contributed by atoms with van der Waals surface area (Å²) < 4.78 is 42.6. The second-order valence-corrected chi connectivity index (χ2v) is 17.1. The van der Waals surface area contributed by atoms with Crippen LogP contribution in [0, 0.1) is 17.8 Å². The Labute approximate surface area is 273 Å². The molecular formula is C36H47ClN2O5S. The Hall–Kier alpha value is -2.29. The van der Waals surface area contributed by atoms with Gasteiger partial charge in [0.15, 0.2) is 0 Å². The van der Waals surface area contributed by atoms with E-state index in [-0.39, 0.29) is 16.9 Å². The minimum absolute atomic E-state index is 0.0820. The van der Waals surface area contributed by atoms with Crippen molar-refractivity contribution >= 4 is 33.2 Å². The molecule has 2 bridgehead atoms. The van der Waals surface area contributed by atoms with Crippen molar-refractivity contribution in [3.8, 4) is 5.75 Å². The third-order valence-electron chi connectivity index (χ3n) is 12.0. The summed E-state index contributed by atoms with van der Waals surface area (Å²) in [6, 6.07) is 11.7. The van der Waals surface area contributed by atoms with Crippen LogP contribution in [0.2, 0.25) is 5.02 Å². The summed E-state index contributed by atoms with van der Waals surface area (Å²) in [5, 5.41) is 0.0764. The molecule has 6 atom stereocenters. The van der Waals surface area contributed by atoms with E-state index < -0.39 is 21.2 Å². The van der Waals surface area contributed by atoms with Crippen LogP contribution in [-0.2, 0) is 26.6 Å². The van der Waals surface area contributed by atoms with Gasteiger partial charge in [-0.15, -0.1) is 0 Å². The molecule has 0 aromatic heterocycles. The van der Waals surface area contributed by atoms with E-state index in [2.05, 4.69) is 21.8 Å². The molecule has 3 aliphatic heterocycles. The smallest absolute Gasteiger partial charge is 0.264 e. The Kier molecular flexibility index (Phi) is 8.39. The van der Waals surface area contributed by atoms with E-state index in [0.717, 1.165) is 100 Å². The van der Waals surface area contributed by atoms with Gasteiger partial charge in [0.1, 0.15) is 5.75 Å². The van der Waals surface area contributed by atoms with Crippen LogP contribution in [0.5, 0.6) is 5.75 Å². The monoisotopic (exact) mass is 654 g/mol. The lowest BCUT2D eigenvalue weighted by Gasteiger charge is -2.53. The van der Waals surface area contributed by atoms with Gasteiger partial charge in [-0.2, -0.15) is 0 Å². The molecule has 45 heavy (non-hydrogen) atoms. The second-order valence-electron chi connectivity index (χ2n) is 14.7. The number of halogens is 1. The molecule has 2 spiro atoms. The van der Waals surface area contributed by atoms with Crippen molar-refractivity contribution in [3.05, 3.63) is 58.1 Å². The molecule has 1 N–H and O–H groups in total. The minimum Gasteiger partial charge on any atom is -0.490 e. The van der Waals surface area contributed by atoms with Gasteiger partial charge >= 0.3 is 0 Å². The zero-order chi connectivity index (χ0) is 31.4. The number of aryl methyl sites for hydroxylation is 1. The van der Waals surface area contributed by atoms with Crippen LogP contribution < -0.4 is 14.4 Å². The van der Waals surface area contributed by atoms with E-state index >= 15 is 0 Å². The van der Waals surface area contributed by atoms with Crippen LogP contribution in [0.3, 0.4) is 0 Å². The average Bonchev–Trinajstić information content (AvgIpc) is 3.15. The fourth-order valence-corrected chi connectivity index (χ4v) is 10.6. The van der Waals surface area contributed by atoms with E-state index in [0.29, 0.717) is 24.0 Å². The van der Waals surface area contributed by atoms with E-state index in [1.807, 2.05) is 25.1 Å². The van der Waals surface area contributed by atoms with Crippen molar-refractivity contribution in [1.29, 1.82) is 0 Å². The van der Waals surface area contributed by atoms with Gasteiger partial charge in [-0.25, -0.2) is 13.1 Å². The summed E-state index contributed by atoms with van der Waals surface area (Å²) in [6.07, 6.45) is 11.4. The molecular weight excluding hydrogens is 608 g/mol. The highest BCUT2D eigenvalue weighted by atomic mass is 35.5. The van der Waals surface area contributed by atoms with E-state index in [9.17, 15) is 13.2 Å². The molecule has 1 saturated carbocycles. The number of sulfonamides is 1. The van der Waals surface area contributed by atoms with Gasteiger partial charge in [-0.3, -0.25) is 4.79 Å². The Morgan fingerprint density at radius 2 is 1.82 bits per heavy atom. The van der Waals surface area contributed by atoms with Gasteiger partial charge in [0.05, 0.1) is 23.1 Å². The third kappa shape index (κ3) is 5.78. The maximum Gasteiger partial charge on any atom is 0.264 e. The summed E-state index contributed by atoms with van der Waals surface area (Å²) in [7, 11) is -3.87. The largest absolute Gasteiger partial charge is 0.490 e. The molecule has 2 fully saturated rings. The Balaban J connectivity index is 1.31. The van der Waals surface area contributed by atoms with Gasteiger partial charge < -0.3 is 14.4 Å². The predicted octanol–water partition coefficient (Wildman–Crippen LogP) is 7.05. The first kappa shape index (κ1) is 31.3. The molecule has 2 aliphatic carbocycles. The molecule has 2 aromatic carbocycles. The average molecular weight is 655 g/mol. The van der Waals surface area contributed by atoms with Gasteiger partial charge in [0.2, 0.25) is 10.0 Å². The van der Waals surface area contributed by atoms with E-state index in [1.165, 1.54) is 17.5 Å². The van der Waals surface area contributed by atoms with Crippen molar-refractivity contribution in [2.45, 2.75) is 101 Å². The third-order valence-corrected chi connectivity index (χ3v) is 14.2. The maximum atomic E-state index is 13.5. The number of nitrogens with zero attached hydrogens (tertiary/aromatic N) is 1. The predicted molar refractivity (Wildman–Crippen MR) is 178 cm³/mol. The number of ether oxygens (including phenoxy) is 2. The van der Waals surface area contributed by atoms with Crippen molar-refractivity contribution in [3.63, 3.8) is 0 Å². The van der Waals surface area contributed by atoms with Gasteiger partial charge in [0.25, 0.3) is 5.91 Å². The molecule has 2 aromatic rings. The zero-order valence-corrected chi connectivity index (χ0v) is 28.2. The molecule has 0 radical (unpaired) electrons. The number of fused-ring (bicyclic) bond motifs is 5. The van der Waals surface area contributed by atoms with Crippen LogP contribution >= 0.6 is 11.6 Å². The maximum absolute atomic E-state index is 13.5. The number of benzene rings is 2. The molecule has 7 rings (SSSR count). The number of hydrogen-bond donors (Lipinski definition) is 1. The molecule has 0 unspecified atom stereocenters. The Bertz CT molecular complexity index is 1560. The fraction of sp³-hybridized carbons (Fsp3) is 0.639. The number of rotatable bonds is 0. The SMILES string of the molecule is C[C@@H]1[C@@H](C)CCC[C@@]2(CCCCO2)[C@@H]2CC[C@H]2CN2C[C@@]3(CCCc4cc(Cl)ccc43)COc3ccc(cc32)C(=O)NS1(=O)=O. The van der Waals surface area contributed by atoms with E-state index in [1.54, 1.807) is 13.0 Å². The highest BCUT2D eigenvalue weighted by molar-refractivity contribution is 7.90. The van der Waals surface area contributed by atoms with Crippen molar-refractivity contribution in [2.24, 2.45) is 17.8 Å². The minimum atomic E-state index is -3.87. The van der Waals surface area contributed by atoms with E-state index in [4.69, 9.17) is 21.1 Å². The van der Waals surface area contributed by atoms with Crippen molar-refractivity contribution in [2.75, 3.05) is 31.2 Å². The van der Waals surface area contributed by atoms with Gasteiger partial charge in [-0.1, -0.05) is 31.0 Å². The number of amides is 1. The molecule has 7 nitrogen and oxygen atoms in total. The zero-order valence-electron chi connectivity index (χ0n) is 26.7. The first-order valence-electron chi connectivity index (χ1n) is 17.1. The highest BCUT2D eigenvalue weighted by Gasteiger charge is 2.50. The lowest BCUT2D eigenvalue weighted by atomic mass is 9.61. The fourth-order valence-electron chi connectivity index (χ4n) is 9.11. The highest BCUT2D eigenvalue weighted by Crippen LogP contribution is 2.52. The quantitative estimate of drug-likeness (QED) is 0.328. The van der Waals surface area contributed by atoms with Crippen LogP contribution in [-0.4, -0.2) is 51.5 Å². The Morgan fingerprint density at radius 3 is 2.60 bits per heavy atom. The van der Waals surface area contributed by atoms with Crippen molar-refractivity contribution < 1.29 is 22.7 Å². The summed E-state index contributed by atoms with van der Waals surface area (Å²) in [5.74, 6) is 1.02. The standard InChI is InChI=1S/C36H47ClN2O5S/c1-24-7-5-17-36(16-3-4-18-44-36)31-12-9-28(31)21-39-22-35(15-6-8-26-19-29(37)11-13-30(26)35)23-43-33-14-10-27(20-32(33)39)34(40)38-45(41,42)25(24)2/h10-11,13-14,19-20,24-25,28,31H,3-9,12,15-18,21-23H2,1-2H3,(H,38,40)/t24-,25+,28-,31+,35-,36-/m0/s1. The van der Waals surface area contributed by atoms with Crippen LogP contribution in [0.4, 0.5) is 5.69 Å². The lowest BCUT2D eigenvalue weighted by Crippen LogP contribution is -2.55. The van der Waals surface area contributed by atoms with Crippen molar-refractivity contribution in [1.82, 2.24) is 4.72 Å².